The highest BCUT2D eigenvalue weighted by atomic mass is 16.5. The van der Waals surface area contributed by atoms with Crippen LogP contribution in [0.4, 0.5) is 0 Å². The van der Waals surface area contributed by atoms with Crippen molar-refractivity contribution in [1.29, 1.82) is 0 Å². The fraction of sp³-hybridized carbons (Fsp3) is 1.00. The Morgan fingerprint density at radius 1 is 1.05 bits per heavy atom. The topological polar surface area (TPSA) is 21.3 Å². The maximum absolute atomic E-state index is 5.60. The molecule has 0 radical (unpaired) electrons. The molecule has 3 unspecified atom stereocenters. The molecule has 1 aliphatic carbocycles. The molecule has 2 fully saturated rings. The van der Waals surface area contributed by atoms with Gasteiger partial charge in [-0.15, -0.1) is 0 Å². The van der Waals surface area contributed by atoms with Gasteiger partial charge in [0.25, 0.3) is 0 Å². The first kappa shape index (κ1) is 17.3. The summed E-state index contributed by atoms with van der Waals surface area (Å²) < 4.78 is 5.60. The Labute approximate surface area is 132 Å². The zero-order valence-corrected chi connectivity index (χ0v) is 15.0. The van der Waals surface area contributed by atoms with Gasteiger partial charge in [0.2, 0.25) is 0 Å². The summed E-state index contributed by atoms with van der Waals surface area (Å²) in [5.41, 5.74) is 0.245. The SMILES string of the molecule is CC(C)C1CCC(CNC(C)(C)C)C(C2CCOCC2)C1. The van der Waals surface area contributed by atoms with E-state index in [1.807, 2.05) is 0 Å². The number of hydrogen-bond acceptors (Lipinski definition) is 2. The van der Waals surface area contributed by atoms with Gasteiger partial charge in [-0.3, -0.25) is 0 Å². The zero-order valence-electron chi connectivity index (χ0n) is 15.0. The van der Waals surface area contributed by atoms with Gasteiger partial charge >= 0.3 is 0 Å². The molecule has 2 heteroatoms. The van der Waals surface area contributed by atoms with Crippen molar-refractivity contribution >= 4 is 0 Å². The third kappa shape index (κ3) is 5.25. The van der Waals surface area contributed by atoms with E-state index in [9.17, 15) is 0 Å². The third-order valence-corrected chi connectivity index (χ3v) is 5.80. The summed E-state index contributed by atoms with van der Waals surface area (Å²) in [5, 5.41) is 3.77. The van der Waals surface area contributed by atoms with Gasteiger partial charge in [-0.2, -0.15) is 0 Å². The van der Waals surface area contributed by atoms with E-state index in [1.165, 1.54) is 38.6 Å². The van der Waals surface area contributed by atoms with Crippen molar-refractivity contribution in [2.24, 2.45) is 29.6 Å². The third-order valence-electron chi connectivity index (χ3n) is 5.80. The standard InChI is InChI=1S/C19H37NO/c1-14(2)16-6-7-17(13-20-19(3,4)5)18(12-16)15-8-10-21-11-9-15/h14-18,20H,6-13H2,1-5H3. The first-order valence-electron chi connectivity index (χ1n) is 9.19. The first-order chi connectivity index (χ1) is 9.87. The van der Waals surface area contributed by atoms with Crippen LogP contribution in [-0.4, -0.2) is 25.3 Å². The van der Waals surface area contributed by atoms with Crippen LogP contribution in [0.3, 0.4) is 0 Å². The van der Waals surface area contributed by atoms with Gasteiger partial charge in [0, 0.05) is 18.8 Å². The van der Waals surface area contributed by atoms with Crippen LogP contribution in [0.1, 0.15) is 66.7 Å². The van der Waals surface area contributed by atoms with E-state index in [0.717, 1.165) is 42.8 Å². The van der Waals surface area contributed by atoms with E-state index in [2.05, 4.69) is 39.9 Å². The highest BCUT2D eigenvalue weighted by molar-refractivity contribution is 4.88. The predicted octanol–water partition coefficient (Wildman–Crippen LogP) is 4.49. The van der Waals surface area contributed by atoms with E-state index in [-0.39, 0.29) is 5.54 Å². The second-order valence-corrected chi connectivity index (χ2v) is 8.82. The molecular formula is C19H37NO. The average Bonchev–Trinajstić information content (AvgIpc) is 2.45. The monoisotopic (exact) mass is 295 g/mol. The molecule has 0 bridgehead atoms. The van der Waals surface area contributed by atoms with Crippen molar-refractivity contribution in [1.82, 2.24) is 5.32 Å². The number of ether oxygens (including phenoxy) is 1. The van der Waals surface area contributed by atoms with Crippen LogP contribution in [0.5, 0.6) is 0 Å². The van der Waals surface area contributed by atoms with Crippen LogP contribution < -0.4 is 5.32 Å². The summed E-state index contributed by atoms with van der Waals surface area (Å²) in [4.78, 5) is 0. The normalized spacial score (nSPS) is 32.6. The first-order valence-corrected chi connectivity index (χ1v) is 9.19. The predicted molar refractivity (Wildman–Crippen MR) is 90.5 cm³/mol. The Hall–Kier alpha value is -0.0800. The average molecular weight is 296 g/mol. The Balaban J connectivity index is 1.99. The summed E-state index contributed by atoms with van der Waals surface area (Å²) >= 11 is 0. The van der Waals surface area contributed by atoms with Crippen LogP contribution in [0.25, 0.3) is 0 Å². The summed E-state index contributed by atoms with van der Waals surface area (Å²) in [6.45, 7) is 14.9. The van der Waals surface area contributed by atoms with Crippen molar-refractivity contribution < 1.29 is 4.74 Å². The summed E-state index contributed by atoms with van der Waals surface area (Å²) in [7, 11) is 0. The maximum Gasteiger partial charge on any atom is 0.0468 e. The van der Waals surface area contributed by atoms with Crippen LogP contribution in [0.2, 0.25) is 0 Å². The van der Waals surface area contributed by atoms with Crippen molar-refractivity contribution in [2.45, 2.75) is 72.3 Å². The second-order valence-electron chi connectivity index (χ2n) is 8.82. The molecule has 2 nitrogen and oxygen atoms in total. The van der Waals surface area contributed by atoms with E-state index < -0.39 is 0 Å². The molecule has 2 rings (SSSR count). The molecular weight excluding hydrogens is 258 g/mol. The van der Waals surface area contributed by atoms with Crippen molar-refractivity contribution in [3.8, 4) is 0 Å². The molecule has 0 aromatic heterocycles. The van der Waals surface area contributed by atoms with Crippen molar-refractivity contribution in [2.75, 3.05) is 19.8 Å². The van der Waals surface area contributed by atoms with Gasteiger partial charge in [-0.1, -0.05) is 13.8 Å². The lowest BCUT2D eigenvalue weighted by Gasteiger charge is -2.44. The molecule has 1 heterocycles. The lowest BCUT2D eigenvalue weighted by molar-refractivity contribution is 0.00848. The highest BCUT2D eigenvalue weighted by Crippen LogP contribution is 2.43. The minimum absolute atomic E-state index is 0.245. The quantitative estimate of drug-likeness (QED) is 0.825. The Kier molecular flexibility index (Phi) is 6.14. The van der Waals surface area contributed by atoms with Crippen LogP contribution in [-0.2, 0) is 4.74 Å². The Bertz CT molecular complexity index is 301. The smallest absolute Gasteiger partial charge is 0.0468 e. The van der Waals surface area contributed by atoms with Crippen LogP contribution in [0.15, 0.2) is 0 Å². The van der Waals surface area contributed by atoms with Gasteiger partial charge in [0.15, 0.2) is 0 Å². The largest absolute Gasteiger partial charge is 0.381 e. The summed E-state index contributed by atoms with van der Waals surface area (Å²) in [5.74, 6) is 4.51. The highest BCUT2D eigenvalue weighted by Gasteiger charge is 2.37. The van der Waals surface area contributed by atoms with Crippen molar-refractivity contribution in [3.05, 3.63) is 0 Å². The fourth-order valence-corrected chi connectivity index (χ4v) is 4.32. The zero-order chi connectivity index (χ0) is 15.5. The molecule has 0 amide bonds. The fourth-order valence-electron chi connectivity index (χ4n) is 4.32. The molecule has 0 spiro atoms. The molecule has 1 N–H and O–H groups in total. The van der Waals surface area contributed by atoms with E-state index >= 15 is 0 Å². The lowest BCUT2D eigenvalue weighted by Crippen LogP contribution is -2.44. The summed E-state index contributed by atoms with van der Waals surface area (Å²) in [6, 6.07) is 0. The van der Waals surface area contributed by atoms with Crippen molar-refractivity contribution in [3.63, 3.8) is 0 Å². The molecule has 0 aromatic carbocycles. The molecule has 124 valence electrons. The molecule has 21 heavy (non-hydrogen) atoms. The second kappa shape index (κ2) is 7.46. The van der Waals surface area contributed by atoms with Gasteiger partial charge < -0.3 is 10.1 Å². The van der Waals surface area contributed by atoms with Gasteiger partial charge in [-0.25, -0.2) is 0 Å². The van der Waals surface area contributed by atoms with Gasteiger partial charge in [0.1, 0.15) is 0 Å². The maximum atomic E-state index is 5.60. The van der Waals surface area contributed by atoms with E-state index in [1.54, 1.807) is 0 Å². The molecule has 1 saturated carbocycles. The number of nitrogens with one attached hydrogen (secondary N) is 1. The van der Waals surface area contributed by atoms with Crippen LogP contribution >= 0.6 is 0 Å². The Morgan fingerprint density at radius 2 is 1.71 bits per heavy atom. The van der Waals surface area contributed by atoms with Gasteiger partial charge in [0.05, 0.1) is 0 Å². The summed E-state index contributed by atoms with van der Waals surface area (Å²) in [6.07, 6.45) is 6.91. The Morgan fingerprint density at radius 3 is 2.29 bits per heavy atom. The van der Waals surface area contributed by atoms with E-state index in [4.69, 9.17) is 4.74 Å². The number of hydrogen-bond donors (Lipinski definition) is 1. The van der Waals surface area contributed by atoms with Crippen LogP contribution in [0, 0.1) is 29.6 Å². The molecule has 3 atom stereocenters. The van der Waals surface area contributed by atoms with Gasteiger partial charge in [-0.05, 0) is 89.0 Å². The molecule has 2 aliphatic rings. The molecule has 0 aromatic rings. The van der Waals surface area contributed by atoms with E-state index in [0.29, 0.717) is 0 Å². The molecule has 1 aliphatic heterocycles. The molecule has 1 saturated heterocycles. The minimum atomic E-state index is 0.245. The number of rotatable bonds is 4. The lowest BCUT2D eigenvalue weighted by atomic mass is 9.64. The minimum Gasteiger partial charge on any atom is -0.381 e.